The largest absolute Gasteiger partial charge is 0.506 e. The summed E-state index contributed by atoms with van der Waals surface area (Å²) < 4.78 is 5.41. The highest BCUT2D eigenvalue weighted by Crippen LogP contribution is 2.41. The number of aliphatic hydroxyl groups is 1. The molecule has 1 heterocycles. The number of amides is 1. The van der Waals surface area contributed by atoms with Crippen molar-refractivity contribution in [2.24, 2.45) is 0 Å². The molecule has 0 saturated heterocycles. The Morgan fingerprint density at radius 1 is 1.30 bits per heavy atom. The lowest BCUT2D eigenvalue weighted by Crippen LogP contribution is -2.28. The first-order chi connectivity index (χ1) is 12.5. The van der Waals surface area contributed by atoms with Crippen LogP contribution in [0.4, 0.5) is 5.69 Å². The second-order valence-corrected chi connectivity index (χ2v) is 6.53. The smallest absolute Gasteiger partial charge is 0.262 e. The van der Waals surface area contributed by atoms with Crippen molar-refractivity contribution in [3.05, 3.63) is 53.1 Å². The van der Waals surface area contributed by atoms with Crippen molar-refractivity contribution in [1.29, 1.82) is 0 Å². The Morgan fingerprint density at radius 3 is 2.89 bits per heavy atom. The summed E-state index contributed by atoms with van der Waals surface area (Å²) in [6.45, 7) is 3.10. The Hall–Kier alpha value is -2.28. The molecule has 0 bridgehead atoms. The molecule has 0 spiro atoms. The van der Waals surface area contributed by atoms with E-state index in [0.717, 1.165) is 19.4 Å². The van der Waals surface area contributed by atoms with Crippen LogP contribution in [-0.2, 0) is 11.2 Å². The number of phenolic OH excluding ortho intramolecular Hbond substituents is 1. The van der Waals surface area contributed by atoms with Gasteiger partial charge in [-0.1, -0.05) is 29.8 Å². The van der Waals surface area contributed by atoms with Gasteiger partial charge in [-0.15, -0.1) is 12.4 Å². The zero-order valence-electron chi connectivity index (χ0n) is 15.2. The van der Waals surface area contributed by atoms with Gasteiger partial charge in [0, 0.05) is 12.1 Å². The molecule has 0 saturated carbocycles. The van der Waals surface area contributed by atoms with Gasteiger partial charge in [0.05, 0.1) is 6.10 Å². The number of nitrogens with one attached hydrogen (secondary N) is 2. The van der Waals surface area contributed by atoms with Crippen LogP contribution in [-0.4, -0.2) is 35.8 Å². The number of fused-ring (bicyclic) bond motifs is 1. The number of anilines is 1. The zero-order chi connectivity index (χ0) is 18.5. The van der Waals surface area contributed by atoms with Gasteiger partial charge < -0.3 is 25.6 Å². The van der Waals surface area contributed by atoms with E-state index < -0.39 is 6.10 Å². The van der Waals surface area contributed by atoms with Gasteiger partial charge >= 0.3 is 0 Å². The fourth-order valence-corrected chi connectivity index (χ4v) is 3.07. The maximum Gasteiger partial charge on any atom is 0.262 e. The summed E-state index contributed by atoms with van der Waals surface area (Å²) in [5, 5.41) is 26.1. The fourth-order valence-electron chi connectivity index (χ4n) is 3.07. The lowest BCUT2D eigenvalue weighted by atomic mass is 10.0. The number of halogens is 1. The molecular formula is C20H25ClN2O4. The Bertz CT molecular complexity index is 798. The average Bonchev–Trinajstić information content (AvgIpc) is 2.62. The molecule has 7 heteroatoms. The average molecular weight is 393 g/mol. The molecule has 6 nitrogen and oxygen atoms in total. The highest BCUT2D eigenvalue weighted by atomic mass is 35.5. The van der Waals surface area contributed by atoms with Crippen LogP contribution in [0.3, 0.4) is 0 Å². The van der Waals surface area contributed by atoms with Gasteiger partial charge in [-0.2, -0.15) is 0 Å². The van der Waals surface area contributed by atoms with Gasteiger partial charge in [0.15, 0.2) is 12.4 Å². The van der Waals surface area contributed by atoms with Gasteiger partial charge in [-0.25, -0.2) is 0 Å². The summed E-state index contributed by atoms with van der Waals surface area (Å²) in [6.07, 6.45) is 1.16. The monoisotopic (exact) mass is 392 g/mol. The molecule has 27 heavy (non-hydrogen) atoms. The second-order valence-electron chi connectivity index (χ2n) is 6.53. The standard InChI is InChI=1S/C20H24N2O4.ClH/c1-13-4-2-5-14(10-13)6-3-9-21-11-17(24)15-7-8-16(23)19-20(15)26-12-18(25)22-19;/h2,4-5,7-8,10,17,21,23-24H,3,6,9,11-12H2,1H3,(H,22,25);1H. The van der Waals surface area contributed by atoms with Gasteiger partial charge in [0.2, 0.25) is 0 Å². The van der Waals surface area contributed by atoms with E-state index in [1.165, 1.54) is 17.2 Å². The molecule has 2 aromatic rings. The molecule has 3 rings (SSSR count). The van der Waals surface area contributed by atoms with Crippen molar-refractivity contribution in [2.75, 3.05) is 25.0 Å². The number of aliphatic hydroxyl groups excluding tert-OH is 1. The minimum atomic E-state index is -0.793. The van der Waals surface area contributed by atoms with Crippen LogP contribution in [0.25, 0.3) is 0 Å². The minimum Gasteiger partial charge on any atom is -0.506 e. The van der Waals surface area contributed by atoms with E-state index in [9.17, 15) is 15.0 Å². The molecular weight excluding hydrogens is 368 g/mol. The number of ether oxygens (including phenoxy) is 1. The highest BCUT2D eigenvalue weighted by Gasteiger charge is 2.25. The number of hydrogen-bond donors (Lipinski definition) is 4. The van der Waals surface area contributed by atoms with E-state index in [1.807, 2.05) is 0 Å². The van der Waals surface area contributed by atoms with Crippen molar-refractivity contribution in [1.82, 2.24) is 5.32 Å². The van der Waals surface area contributed by atoms with Gasteiger partial charge in [-0.3, -0.25) is 4.79 Å². The van der Waals surface area contributed by atoms with E-state index in [2.05, 4.69) is 41.8 Å². The Balaban J connectivity index is 0.00000261. The molecule has 146 valence electrons. The van der Waals surface area contributed by atoms with Crippen LogP contribution in [0.1, 0.15) is 29.2 Å². The molecule has 2 aromatic carbocycles. The number of carbonyl (C=O) groups is 1. The van der Waals surface area contributed by atoms with Gasteiger partial charge in [0.1, 0.15) is 11.4 Å². The predicted octanol–water partition coefficient (Wildman–Crippen LogP) is 2.71. The number of benzene rings is 2. The summed E-state index contributed by atoms with van der Waals surface area (Å²) in [7, 11) is 0. The van der Waals surface area contributed by atoms with Crippen LogP contribution in [0.5, 0.6) is 11.5 Å². The van der Waals surface area contributed by atoms with Crippen molar-refractivity contribution in [3.63, 3.8) is 0 Å². The van der Waals surface area contributed by atoms with Crippen LogP contribution in [0, 0.1) is 6.92 Å². The maximum atomic E-state index is 11.4. The van der Waals surface area contributed by atoms with Gasteiger partial charge in [-0.05, 0) is 44.0 Å². The first-order valence-corrected chi connectivity index (χ1v) is 8.77. The minimum absolute atomic E-state index is 0. The molecule has 1 amide bonds. The van der Waals surface area contributed by atoms with E-state index in [4.69, 9.17) is 4.74 Å². The number of aromatic hydroxyl groups is 1. The molecule has 0 fully saturated rings. The molecule has 1 atom stereocenters. The van der Waals surface area contributed by atoms with Crippen LogP contribution in [0.15, 0.2) is 36.4 Å². The van der Waals surface area contributed by atoms with Crippen molar-refractivity contribution in [3.8, 4) is 11.5 Å². The quantitative estimate of drug-likeness (QED) is 0.429. The van der Waals surface area contributed by atoms with Crippen LogP contribution >= 0.6 is 12.4 Å². The van der Waals surface area contributed by atoms with E-state index >= 15 is 0 Å². The van der Waals surface area contributed by atoms with E-state index in [1.54, 1.807) is 6.07 Å². The molecule has 1 aliphatic rings. The molecule has 0 aromatic heterocycles. The number of carbonyl (C=O) groups excluding carboxylic acids is 1. The number of phenols is 1. The van der Waals surface area contributed by atoms with Crippen molar-refractivity contribution < 1.29 is 19.7 Å². The van der Waals surface area contributed by atoms with Crippen molar-refractivity contribution in [2.45, 2.75) is 25.9 Å². The fraction of sp³-hybridized carbons (Fsp3) is 0.350. The summed E-state index contributed by atoms with van der Waals surface area (Å²) in [5.41, 5.74) is 3.33. The number of rotatable bonds is 7. The molecule has 0 radical (unpaired) electrons. The van der Waals surface area contributed by atoms with Gasteiger partial charge in [0.25, 0.3) is 5.91 Å². The zero-order valence-corrected chi connectivity index (χ0v) is 16.0. The molecule has 4 N–H and O–H groups in total. The van der Waals surface area contributed by atoms with Crippen molar-refractivity contribution >= 4 is 24.0 Å². The summed E-state index contributed by atoms with van der Waals surface area (Å²) >= 11 is 0. The molecule has 0 aliphatic carbocycles. The highest BCUT2D eigenvalue weighted by molar-refractivity contribution is 5.97. The van der Waals surface area contributed by atoms with Crippen LogP contribution in [0.2, 0.25) is 0 Å². The first-order valence-electron chi connectivity index (χ1n) is 8.77. The lowest BCUT2D eigenvalue weighted by molar-refractivity contribution is -0.118. The predicted molar refractivity (Wildman–Crippen MR) is 107 cm³/mol. The molecule has 1 unspecified atom stereocenters. The second kappa shape index (κ2) is 9.60. The van der Waals surface area contributed by atoms with E-state index in [-0.39, 0.29) is 36.4 Å². The Morgan fingerprint density at radius 2 is 2.11 bits per heavy atom. The topological polar surface area (TPSA) is 90.8 Å². The third-order valence-electron chi connectivity index (χ3n) is 4.38. The summed E-state index contributed by atoms with van der Waals surface area (Å²) in [6, 6.07) is 11.5. The van der Waals surface area contributed by atoms with Crippen LogP contribution < -0.4 is 15.4 Å². The third-order valence-corrected chi connectivity index (χ3v) is 4.38. The number of hydrogen-bond acceptors (Lipinski definition) is 5. The maximum absolute atomic E-state index is 11.4. The SMILES string of the molecule is Cc1cccc(CCCNCC(O)c2ccc(O)c3c2OCC(=O)N3)c1.Cl. The molecule has 1 aliphatic heterocycles. The Kier molecular flexibility index (Phi) is 7.47. The summed E-state index contributed by atoms with van der Waals surface area (Å²) in [4.78, 5) is 11.4. The number of aryl methyl sites for hydroxylation is 2. The first kappa shape index (κ1) is 21.0. The normalized spacial score (nSPS) is 13.8. The van der Waals surface area contributed by atoms with E-state index in [0.29, 0.717) is 17.9 Å². The Labute approximate surface area is 165 Å². The third kappa shape index (κ3) is 5.35. The summed E-state index contributed by atoms with van der Waals surface area (Å²) in [5.74, 6) is -0.0671. The lowest BCUT2D eigenvalue weighted by Gasteiger charge is -2.23.